The van der Waals surface area contributed by atoms with Gasteiger partial charge >= 0.3 is 5.97 Å². The average Bonchev–Trinajstić information content (AvgIpc) is 2.85. The number of carboxylic acids is 1. The van der Waals surface area contributed by atoms with Crippen LogP contribution in [0.15, 0.2) is 29.1 Å². The van der Waals surface area contributed by atoms with E-state index in [1.165, 1.54) is 0 Å². The number of hydrogen-bond donors (Lipinski definition) is 3. The standard InChI is InChI=1S/C19H21N3O4.ClH/c1-10-16(20-18(24)15(17(10)23)19(25)26)11-5-6-14-12(7-11)8-13(22(14)4)9-21(2)3;/h5-8H,9H2,1-4H3,(H,25,26)(H2,20,23,24);1H. The number of fused-ring (bicyclic) bond motifs is 1. The normalized spacial score (nSPS) is 11.0. The van der Waals surface area contributed by atoms with Crippen molar-refractivity contribution in [2.75, 3.05) is 14.1 Å². The van der Waals surface area contributed by atoms with Crippen molar-refractivity contribution in [2.45, 2.75) is 13.5 Å². The van der Waals surface area contributed by atoms with Crippen LogP contribution in [0.3, 0.4) is 0 Å². The number of benzene rings is 1. The Morgan fingerprint density at radius 3 is 2.52 bits per heavy atom. The molecule has 0 saturated carbocycles. The third kappa shape index (κ3) is 3.56. The van der Waals surface area contributed by atoms with Crippen LogP contribution in [-0.2, 0) is 13.6 Å². The molecule has 2 aromatic heterocycles. The molecule has 27 heavy (non-hydrogen) atoms. The van der Waals surface area contributed by atoms with Crippen LogP contribution in [0.1, 0.15) is 21.6 Å². The average molecular weight is 392 g/mol. The second-order valence-corrected chi connectivity index (χ2v) is 6.69. The Morgan fingerprint density at radius 1 is 1.26 bits per heavy atom. The maximum atomic E-state index is 12.1. The van der Waals surface area contributed by atoms with Crippen molar-refractivity contribution in [3.63, 3.8) is 0 Å². The molecule has 0 bridgehead atoms. The summed E-state index contributed by atoms with van der Waals surface area (Å²) >= 11 is 0. The minimum absolute atomic E-state index is 0. The van der Waals surface area contributed by atoms with E-state index in [0.29, 0.717) is 16.8 Å². The van der Waals surface area contributed by atoms with E-state index in [9.17, 15) is 14.7 Å². The molecule has 0 saturated heterocycles. The van der Waals surface area contributed by atoms with Crippen molar-refractivity contribution < 1.29 is 15.0 Å². The van der Waals surface area contributed by atoms with E-state index in [0.717, 1.165) is 23.1 Å². The predicted octanol–water partition coefficient (Wildman–Crippen LogP) is 2.73. The highest BCUT2D eigenvalue weighted by molar-refractivity contribution is 5.92. The molecule has 144 valence electrons. The monoisotopic (exact) mass is 391 g/mol. The van der Waals surface area contributed by atoms with Gasteiger partial charge in [-0.15, -0.1) is 12.4 Å². The van der Waals surface area contributed by atoms with E-state index < -0.39 is 22.8 Å². The molecule has 7 nitrogen and oxygen atoms in total. The summed E-state index contributed by atoms with van der Waals surface area (Å²) in [5.74, 6) is -1.96. The maximum Gasteiger partial charge on any atom is 0.345 e. The molecule has 1 aromatic carbocycles. The molecule has 0 aliphatic carbocycles. The lowest BCUT2D eigenvalue weighted by Crippen LogP contribution is -2.19. The Bertz CT molecular complexity index is 1080. The molecule has 3 aromatic rings. The number of pyridine rings is 1. The Morgan fingerprint density at radius 2 is 1.93 bits per heavy atom. The van der Waals surface area contributed by atoms with Gasteiger partial charge in [0.25, 0.3) is 5.56 Å². The number of aromatic nitrogens is 2. The first-order chi connectivity index (χ1) is 12.2. The number of hydrogen-bond acceptors (Lipinski definition) is 4. The van der Waals surface area contributed by atoms with E-state index in [-0.39, 0.29) is 12.4 Å². The summed E-state index contributed by atoms with van der Waals surface area (Å²) in [6.07, 6.45) is 0. The molecule has 0 aliphatic rings. The van der Waals surface area contributed by atoms with Crippen LogP contribution >= 0.6 is 12.4 Å². The van der Waals surface area contributed by atoms with Gasteiger partial charge in [-0.3, -0.25) is 4.79 Å². The lowest BCUT2D eigenvalue weighted by atomic mass is 10.0. The number of halogens is 1. The molecule has 0 atom stereocenters. The number of H-pyrrole nitrogens is 1. The van der Waals surface area contributed by atoms with E-state index in [1.807, 2.05) is 39.3 Å². The summed E-state index contributed by atoms with van der Waals surface area (Å²) in [7, 11) is 6.01. The summed E-state index contributed by atoms with van der Waals surface area (Å²) in [6, 6.07) is 7.80. The number of nitrogens with one attached hydrogen (secondary N) is 1. The Kier molecular flexibility index (Phi) is 5.67. The first-order valence-electron chi connectivity index (χ1n) is 8.13. The van der Waals surface area contributed by atoms with Gasteiger partial charge in [-0.2, -0.15) is 0 Å². The SMILES string of the molecule is Cc1c(-c2ccc3c(c2)cc(CN(C)C)n3C)[nH]c(=O)c(C(=O)O)c1O.Cl. The van der Waals surface area contributed by atoms with Gasteiger partial charge in [-0.05, 0) is 44.8 Å². The summed E-state index contributed by atoms with van der Waals surface area (Å²) in [4.78, 5) is 27.9. The van der Waals surface area contributed by atoms with Gasteiger partial charge < -0.3 is 24.7 Å². The number of carboxylic acid groups (broad SMARTS) is 1. The quantitative estimate of drug-likeness (QED) is 0.635. The van der Waals surface area contributed by atoms with Gasteiger partial charge in [0, 0.05) is 35.8 Å². The summed E-state index contributed by atoms with van der Waals surface area (Å²) in [5.41, 5.74) is 2.19. The molecule has 0 spiro atoms. The minimum Gasteiger partial charge on any atom is -0.506 e. The first kappa shape index (κ1) is 20.5. The van der Waals surface area contributed by atoms with Gasteiger partial charge in [0.2, 0.25) is 0 Å². The highest BCUT2D eigenvalue weighted by Gasteiger charge is 2.20. The van der Waals surface area contributed by atoms with Crippen LogP contribution < -0.4 is 5.56 Å². The van der Waals surface area contributed by atoms with Crippen LogP contribution in [0.2, 0.25) is 0 Å². The molecule has 0 unspecified atom stereocenters. The van der Waals surface area contributed by atoms with Gasteiger partial charge in [0.1, 0.15) is 5.75 Å². The van der Waals surface area contributed by atoms with Crippen molar-refractivity contribution in [1.29, 1.82) is 0 Å². The number of aryl methyl sites for hydroxylation is 1. The molecule has 0 radical (unpaired) electrons. The van der Waals surface area contributed by atoms with Crippen LogP contribution in [0.5, 0.6) is 5.75 Å². The van der Waals surface area contributed by atoms with Crippen LogP contribution in [0, 0.1) is 6.92 Å². The fourth-order valence-electron chi connectivity index (χ4n) is 3.21. The van der Waals surface area contributed by atoms with Gasteiger partial charge in [-0.1, -0.05) is 6.07 Å². The zero-order valence-corrected chi connectivity index (χ0v) is 16.3. The zero-order valence-electron chi connectivity index (χ0n) is 15.5. The molecular weight excluding hydrogens is 370 g/mol. The number of carbonyl (C=O) groups is 1. The van der Waals surface area contributed by atoms with E-state index >= 15 is 0 Å². The number of aromatic amines is 1. The molecule has 3 rings (SSSR count). The second-order valence-electron chi connectivity index (χ2n) is 6.69. The Labute approximate surface area is 162 Å². The van der Waals surface area contributed by atoms with Crippen LogP contribution in [0.4, 0.5) is 0 Å². The summed E-state index contributed by atoms with van der Waals surface area (Å²) in [6.45, 7) is 2.38. The lowest BCUT2D eigenvalue weighted by molar-refractivity contribution is 0.0691. The lowest BCUT2D eigenvalue weighted by Gasteiger charge is -2.11. The number of rotatable bonds is 4. The van der Waals surface area contributed by atoms with Crippen molar-refractivity contribution in [1.82, 2.24) is 14.5 Å². The van der Waals surface area contributed by atoms with Crippen LogP contribution in [-0.4, -0.2) is 44.7 Å². The summed E-state index contributed by atoms with van der Waals surface area (Å²) < 4.78 is 2.11. The largest absolute Gasteiger partial charge is 0.506 e. The Balaban J connectivity index is 0.00000261. The van der Waals surface area contributed by atoms with Gasteiger partial charge in [-0.25, -0.2) is 4.79 Å². The molecule has 3 N–H and O–H groups in total. The molecular formula is C19H22ClN3O4. The molecule has 8 heteroatoms. The third-order valence-corrected chi connectivity index (χ3v) is 4.56. The van der Waals surface area contributed by atoms with Gasteiger partial charge in [0.05, 0.1) is 5.69 Å². The van der Waals surface area contributed by atoms with Gasteiger partial charge in [0.15, 0.2) is 5.56 Å². The fourth-order valence-corrected chi connectivity index (χ4v) is 3.21. The number of aromatic hydroxyl groups is 1. The van der Waals surface area contributed by atoms with E-state index in [1.54, 1.807) is 6.92 Å². The molecule has 0 fully saturated rings. The first-order valence-corrected chi connectivity index (χ1v) is 8.13. The van der Waals surface area contributed by atoms with E-state index in [2.05, 4.69) is 20.5 Å². The molecule has 0 amide bonds. The highest BCUT2D eigenvalue weighted by atomic mass is 35.5. The Hall–Kier alpha value is -2.77. The predicted molar refractivity (Wildman–Crippen MR) is 107 cm³/mol. The number of nitrogens with zero attached hydrogens (tertiary/aromatic N) is 2. The van der Waals surface area contributed by atoms with E-state index in [4.69, 9.17) is 5.11 Å². The van der Waals surface area contributed by atoms with Crippen molar-refractivity contribution in [3.8, 4) is 17.0 Å². The summed E-state index contributed by atoms with van der Waals surface area (Å²) in [5, 5.41) is 20.2. The topological polar surface area (TPSA) is 98.6 Å². The highest BCUT2D eigenvalue weighted by Crippen LogP contribution is 2.31. The molecule has 2 heterocycles. The second kappa shape index (κ2) is 7.46. The van der Waals surface area contributed by atoms with Crippen LogP contribution in [0.25, 0.3) is 22.2 Å². The number of aromatic carboxylic acids is 1. The van der Waals surface area contributed by atoms with Crippen molar-refractivity contribution in [3.05, 3.63) is 51.4 Å². The zero-order chi connectivity index (χ0) is 19.2. The fraction of sp³-hybridized carbons (Fsp3) is 0.263. The van der Waals surface area contributed by atoms with Crippen molar-refractivity contribution in [2.24, 2.45) is 7.05 Å². The maximum absolute atomic E-state index is 12.1. The smallest absolute Gasteiger partial charge is 0.345 e. The van der Waals surface area contributed by atoms with Crippen molar-refractivity contribution >= 4 is 29.3 Å². The minimum atomic E-state index is -1.45. The third-order valence-electron chi connectivity index (χ3n) is 4.56. The molecule has 0 aliphatic heterocycles.